The molecule has 1 fully saturated rings. The Morgan fingerprint density at radius 3 is 2.15 bits per heavy atom. The van der Waals surface area contributed by atoms with Crippen LogP contribution in [0.15, 0.2) is 48.5 Å². The molecule has 7 heteroatoms. The van der Waals surface area contributed by atoms with Gasteiger partial charge in [-0.2, -0.15) is 0 Å². The van der Waals surface area contributed by atoms with Crippen molar-refractivity contribution in [3.8, 4) is 11.1 Å². The van der Waals surface area contributed by atoms with Crippen molar-refractivity contribution < 1.29 is 24.2 Å². The smallest absolute Gasteiger partial charge is 0.407 e. The van der Waals surface area contributed by atoms with Crippen molar-refractivity contribution in [3.63, 3.8) is 0 Å². The Labute approximate surface area is 193 Å². The minimum absolute atomic E-state index is 0.0326. The molecule has 0 spiro atoms. The van der Waals surface area contributed by atoms with Gasteiger partial charge in [-0.1, -0.05) is 55.0 Å². The number of likely N-dealkylation sites (N-methyl/N-ethyl adjacent to an activating group) is 1. The van der Waals surface area contributed by atoms with Crippen molar-refractivity contribution in [1.82, 2.24) is 10.2 Å². The van der Waals surface area contributed by atoms with Crippen LogP contribution in [0, 0.1) is 11.8 Å². The van der Waals surface area contributed by atoms with Crippen molar-refractivity contribution >= 4 is 18.0 Å². The Morgan fingerprint density at radius 1 is 1.06 bits per heavy atom. The maximum absolute atomic E-state index is 12.9. The normalized spacial score (nSPS) is 16.7. The average molecular weight is 451 g/mol. The highest BCUT2D eigenvalue weighted by Crippen LogP contribution is 2.44. The number of hydrogen-bond donors (Lipinski definition) is 2. The number of hydrogen-bond acceptors (Lipinski definition) is 4. The van der Waals surface area contributed by atoms with Gasteiger partial charge >= 0.3 is 12.1 Å². The number of nitrogens with one attached hydrogen (secondary N) is 1. The zero-order chi connectivity index (χ0) is 23.5. The van der Waals surface area contributed by atoms with E-state index in [-0.39, 0.29) is 30.9 Å². The fraction of sp³-hybridized carbons (Fsp3) is 0.423. The zero-order valence-corrected chi connectivity index (χ0v) is 19.0. The number of benzene rings is 2. The van der Waals surface area contributed by atoms with Crippen LogP contribution in [-0.2, 0) is 14.3 Å². The molecule has 2 atom stereocenters. The Balaban J connectivity index is 1.37. The number of amides is 2. The quantitative estimate of drug-likeness (QED) is 0.637. The first kappa shape index (κ1) is 22.8. The molecule has 2 aromatic carbocycles. The summed E-state index contributed by atoms with van der Waals surface area (Å²) in [6, 6.07) is 15.3. The van der Waals surface area contributed by atoms with Gasteiger partial charge in [-0.3, -0.25) is 4.79 Å². The SMILES string of the molecule is CC(C(=O)O)N(C)C(=O)C(CNC(=O)OCC1c2ccccc2-c2ccccc21)C1CCC1. The largest absolute Gasteiger partial charge is 0.480 e. The summed E-state index contributed by atoms with van der Waals surface area (Å²) >= 11 is 0. The van der Waals surface area contributed by atoms with Gasteiger partial charge in [0.15, 0.2) is 0 Å². The highest BCUT2D eigenvalue weighted by Gasteiger charge is 2.37. The van der Waals surface area contributed by atoms with Crippen LogP contribution in [0.1, 0.15) is 43.2 Å². The molecule has 0 heterocycles. The van der Waals surface area contributed by atoms with Crippen molar-refractivity contribution in [2.75, 3.05) is 20.2 Å². The first-order valence-electron chi connectivity index (χ1n) is 11.5. The van der Waals surface area contributed by atoms with Gasteiger partial charge in [0.25, 0.3) is 0 Å². The highest BCUT2D eigenvalue weighted by atomic mass is 16.5. The van der Waals surface area contributed by atoms with Gasteiger partial charge < -0.3 is 20.1 Å². The second kappa shape index (κ2) is 9.65. The van der Waals surface area contributed by atoms with Gasteiger partial charge in [0.05, 0.1) is 5.92 Å². The summed E-state index contributed by atoms with van der Waals surface area (Å²) < 4.78 is 5.58. The Kier molecular flexibility index (Phi) is 6.67. The van der Waals surface area contributed by atoms with Gasteiger partial charge in [0, 0.05) is 19.5 Å². The molecular formula is C26H30N2O5. The number of alkyl carbamates (subject to hydrolysis) is 1. The minimum Gasteiger partial charge on any atom is -0.480 e. The lowest BCUT2D eigenvalue weighted by Crippen LogP contribution is -2.49. The highest BCUT2D eigenvalue weighted by molar-refractivity contribution is 5.85. The molecule has 2 N–H and O–H groups in total. The monoisotopic (exact) mass is 450 g/mol. The standard InChI is InChI=1S/C26H30N2O5/c1-16(25(30)31)28(2)24(29)22(17-8-7-9-17)14-27-26(32)33-15-23-20-12-5-3-10-18(20)19-11-4-6-13-21(19)23/h3-6,10-13,16-17,22-23H,7-9,14-15H2,1-2H3,(H,27,32)(H,30,31). The molecule has 33 heavy (non-hydrogen) atoms. The van der Waals surface area contributed by atoms with Crippen molar-refractivity contribution in [2.45, 2.75) is 38.1 Å². The number of aliphatic carboxylic acids is 1. The molecule has 0 aromatic heterocycles. The molecule has 0 saturated heterocycles. The van der Waals surface area contributed by atoms with Crippen LogP contribution in [0.3, 0.4) is 0 Å². The third kappa shape index (κ3) is 4.58. The molecule has 2 aliphatic rings. The summed E-state index contributed by atoms with van der Waals surface area (Å²) in [6.45, 7) is 1.83. The van der Waals surface area contributed by atoms with E-state index in [1.54, 1.807) is 0 Å². The molecule has 1 saturated carbocycles. The molecule has 7 nitrogen and oxygen atoms in total. The van der Waals surface area contributed by atoms with E-state index in [1.807, 2.05) is 24.3 Å². The number of rotatable bonds is 8. The fourth-order valence-corrected chi connectivity index (χ4v) is 4.76. The predicted octanol–water partition coefficient (Wildman–Crippen LogP) is 3.87. The summed E-state index contributed by atoms with van der Waals surface area (Å²) in [6.07, 6.45) is 2.27. The lowest BCUT2D eigenvalue weighted by molar-refractivity contribution is -0.151. The maximum atomic E-state index is 12.9. The van der Waals surface area contributed by atoms with Crippen molar-refractivity contribution in [3.05, 3.63) is 59.7 Å². The van der Waals surface area contributed by atoms with Crippen LogP contribution in [0.2, 0.25) is 0 Å². The molecule has 2 unspecified atom stereocenters. The van der Waals surface area contributed by atoms with Gasteiger partial charge in [0.1, 0.15) is 12.6 Å². The number of ether oxygens (including phenoxy) is 1. The van der Waals surface area contributed by atoms with Crippen LogP contribution < -0.4 is 5.32 Å². The van der Waals surface area contributed by atoms with Gasteiger partial charge in [-0.25, -0.2) is 9.59 Å². The topological polar surface area (TPSA) is 95.9 Å². The van der Waals surface area contributed by atoms with Gasteiger partial charge in [0.2, 0.25) is 5.91 Å². The predicted molar refractivity (Wildman–Crippen MR) is 124 cm³/mol. The van der Waals surface area contributed by atoms with E-state index < -0.39 is 24.0 Å². The first-order valence-corrected chi connectivity index (χ1v) is 11.5. The van der Waals surface area contributed by atoms with E-state index in [0.29, 0.717) is 0 Å². The lowest BCUT2D eigenvalue weighted by Gasteiger charge is -2.36. The Hall–Kier alpha value is -3.35. The van der Waals surface area contributed by atoms with E-state index >= 15 is 0 Å². The fourth-order valence-electron chi connectivity index (χ4n) is 4.76. The number of nitrogens with zero attached hydrogens (tertiary/aromatic N) is 1. The first-order chi connectivity index (χ1) is 15.9. The summed E-state index contributed by atoms with van der Waals surface area (Å²) in [5.74, 6) is -1.65. The number of carboxylic acids is 1. The molecule has 2 amide bonds. The molecular weight excluding hydrogens is 420 g/mol. The third-order valence-electron chi connectivity index (χ3n) is 7.13. The second-order valence-corrected chi connectivity index (χ2v) is 8.97. The number of carbonyl (C=O) groups is 3. The molecule has 0 bridgehead atoms. The van der Waals surface area contributed by atoms with Crippen LogP contribution in [0.4, 0.5) is 4.79 Å². The zero-order valence-electron chi connectivity index (χ0n) is 19.0. The summed E-state index contributed by atoms with van der Waals surface area (Å²) in [5.41, 5.74) is 4.60. The van der Waals surface area contributed by atoms with Gasteiger partial charge in [-0.05, 0) is 47.9 Å². The van der Waals surface area contributed by atoms with E-state index in [2.05, 4.69) is 29.6 Å². The summed E-state index contributed by atoms with van der Waals surface area (Å²) in [5, 5.41) is 12.0. The third-order valence-corrected chi connectivity index (χ3v) is 7.13. The number of fused-ring (bicyclic) bond motifs is 3. The molecule has 2 aliphatic carbocycles. The second-order valence-electron chi connectivity index (χ2n) is 8.97. The van der Waals surface area contributed by atoms with Crippen molar-refractivity contribution in [1.29, 1.82) is 0 Å². The maximum Gasteiger partial charge on any atom is 0.407 e. The van der Waals surface area contributed by atoms with E-state index in [9.17, 15) is 19.5 Å². The summed E-state index contributed by atoms with van der Waals surface area (Å²) in [4.78, 5) is 38.0. The van der Waals surface area contributed by atoms with E-state index in [4.69, 9.17) is 4.74 Å². The number of carbonyl (C=O) groups excluding carboxylic acids is 2. The average Bonchev–Trinajstić information content (AvgIpc) is 3.11. The van der Waals surface area contributed by atoms with Gasteiger partial charge in [-0.15, -0.1) is 0 Å². The summed E-state index contributed by atoms with van der Waals surface area (Å²) in [7, 11) is 1.50. The molecule has 4 rings (SSSR count). The van der Waals surface area contributed by atoms with E-state index in [0.717, 1.165) is 41.5 Å². The minimum atomic E-state index is -1.05. The molecule has 0 radical (unpaired) electrons. The number of carboxylic acid groups (broad SMARTS) is 1. The van der Waals surface area contributed by atoms with Crippen LogP contribution in [0.5, 0.6) is 0 Å². The van der Waals surface area contributed by atoms with Crippen molar-refractivity contribution in [2.24, 2.45) is 11.8 Å². The van der Waals surface area contributed by atoms with Crippen LogP contribution in [-0.4, -0.2) is 54.2 Å². The molecule has 174 valence electrons. The van der Waals surface area contributed by atoms with E-state index in [1.165, 1.54) is 18.9 Å². The Bertz CT molecular complexity index is 1000. The van der Waals surface area contributed by atoms with Crippen LogP contribution in [0.25, 0.3) is 11.1 Å². The molecule has 2 aromatic rings. The Morgan fingerprint density at radius 2 is 1.64 bits per heavy atom. The lowest BCUT2D eigenvalue weighted by atomic mass is 9.75. The molecule has 0 aliphatic heterocycles. The van der Waals surface area contributed by atoms with Crippen LogP contribution >= 0.6 is 0 Å².